The predicted octanol–water partition coefficient (Wildman–Crippen LogP) is 2.35. The first kappa shape index (κ1) is 11.9. The van der Waals surface area contributed by atoms with Gasteiger partial charge in [-0.2, -0.15) is 11.8 Å². The summed E-state index contributed by atoms with van der Waals surface area (Å²) in [7, 11) is 0. The van der Waals surface area contributed by atoms with E-state index in [2.05, 4.69) is 5.32 Å². The van der Waals surface area contributed by atoms with Crippen molar-refractivity contribution in [1.29, 1.82) is 0 Å². The molecule has 0 spiro atoms. The normalized spacial score (nSPS) is 9.93. The molecule has 82 valence electrons. The van der Waals surface area contributed by atoms with Crippen LogP contribution in [-0.4, -0.2) is 17.9 Å². The molecule has 0 atom stereocenters. The van der Waals surface area contributed by atoms with Gasteiger partial charge in [-0.15, -0.1) is 0 Å². The number of benzene rings is 1. The molecule has 0 radical (unpaired) electrons. The van der Waals surface area contributed by atoms with E-state index in [4.69, 9.17) is 5.73 Å². The first-order chi connectivity index (χ1) is 7.24. The third-order valence-electron chi connectivity index (χ3n) is 1.99. The van der Waals surface area contributed by atoms with Crippen LogP contribution in [0.15, 0.2) is 24.3 Å². The van der Waals surface area contributed by atoms with Gasteiger partial charge in [0.05, 0.1) is 11.4 Å². The Bertz CT molecular complexity index is 328. The SMILES string of the molecule is CSCCCC(=O)Nc1ccccc1N. The van der Waals surface area contributed by atoms with Crippen LogP contribution < -0.4 is 11.1 Å². The van der Waals surface area contributed by atoms with Crippen molar-refractivity contribution in [3.05, 3.63) is 24.3 Å². The van der Waals surface area contributed by atoms with Crippen molar-refractivity contribution in [2.24, 2.45) is 0 Å². The number of hydrogen-bond acceptors (Lipinski definition) is 3. The number of nitrogen functional groups attached to an aromatic ring is 1. The highest BCUT2D eigenvalue weighted by Crippen LogP contribution is 2.17. The van der Waals surface area contributed by atoms with Crippen LogP contribution in [0, 0.1) is 0 Å². The van der Waals surface area contributed by atoms with Gasteiger partial charge in [-0.3, -0.25) is 4.79 Å². The zero-order chi connectivity index (χ0) is 11.1. The van der Waals surface area contributed by atoms with Crippen LogP contribution >= 0.6 is 11.8 Å². The Hall–Kier alpha value is -1.16. The molecule has 1 aromatic rings. The molecule has 3 N–H and O–H groups in total. The molecule has 3 nitrogen and oxygen atoms in total. The van der Waals surface area contributed by atoms with E-state index < -0.39 is 0 Å². The summed E-state index contributed by atoms with van der Waals surface area (Å²) in [6, 6.07) is 7.28. The summed E-state index contributed by atoms with van der Waals surface area (Å²) in [4.78, 5) is 11.5. The molecule has 0 aliphatic carbocycles. The predicted molar refractivity (Wildman–Crippen MR) is 67.1 cm³/mol. The Morgan fingerprint density at radius 3 is 2.87 bits per heavy atom. The smallest absolute Gasteiger partial charge is 0.224 e. The van der Waals surface area contributed by atoms with Crippen LogP contribution in [0.3, 0.4) is 0 Å². The quantitative estimate of drug-likeness (QED) is 0.596. The molecule has 15 heavy (non-hydrogen) atoms. The second-order valence-electron chi connectivity index (χ2n) is 3.23. The molecule has 0 aromatic heterocycles. The molecule has 0 heterocycles. The third-order valence-corrected chi connectivity index (χ3v) is 2.68. The van der Waals surface area contributed by atoms with Gasteiger partial charge in [0.1, 0.15) is 0 Å². The number of hydrogen-bond donors (Lipinski definition) is 2. The molecule has 0 saturated carbocycles. The van der Waals surface area contributed by atoms with Crippen LogP contribution in [-0.2, 0) is 4.79 Å². The first-order valence-electron chi connectivity index (χ1n) is 4.87. The average Bonchev–Trinajstić information content (AvgIpc) is 2.22. The number of nitrogens with two attached hydrogens (primary N) is 1. The zero-order valence-electron chi connectivity index (χ0n) is 8.82. The van der Waals surface area contributed by atoms with Crippen molar-refractivity contribution in [3.63, 3.8) is 0 Å². The fourth-order valence-corrected chi connectivity index (χ4v) is 1.63. The van der Waals surface area contributed by atoms with Gasteiger partial charge >= 0.3 is 0 Å². The van der Waals surface area contributed by atoms with Crippen molar-refractivity contribution in [2.75, 3.05) is 23.1 Å². The second kappa shape index (κ2) is 6.35. The van der Waals surface area contributed by atoms with E-state index >= 15 is 0 Å². The zero-order valence-corrected chi connectivity index (χ0v) is 9.64. The van der Waals surface area contributed by atoms with E-state index in [1.54, 1.807) is 17.8 Å². The fourth-order valence-electron chi connectivity index (χ4n) is 1.20. The van der Waals surface area contributed by atoms with Crippen LogP contribution in [0.2, 0.25) is 0 Å². The van der Waals surface area contributed by atoms with E-state index in [1.807, 2.05) is 24.5 Å². The Kier molecular flexibility index (Phi) is 5.04. The van der Waals surface area contributed by atoms with E-state index in [0.29, 0.717) is 17.8 Å². The number of carbonyl (C=O) groups excluding carboxylic acids is 1. The first-order valence-corrected chi connectivity index (χ1v) is 6.26. The van der Waals surface area contributed by atoms with E-state index in [1.165, 1.54) is 0 Å². The summed E-state index contributed by atoms with van der Waals surface area (Å²) in [6.07, 6.45) is 3.49. The monoisotopic (exact) mass is 224 g/mol. The largest absolute Gasteiger partial charge is 0.397 e. The molecule has 0 aliphatic heterocycles. The maximum atomic E-state index is 11.5. The molecule has 4 heteroatoms. The van der Waals surface area contributed by atoms with E-state index in [-0.39, 0.29) is 5.91 Å². The van der Waals surface area contributed by atoms with Crippen LogP contribution in [0.1, 0.15) is 12.8 Å². The topological polar surface area (TPSA) is 55.1 Å². The minimum Gasteiger partial charge on any atom is -0.397 e. The van der Waals surface area contributed by atoms with Gasteiger partial charge in [0.2, 0.25) is 5.91 Å². The molecule has 0 fully saturated rings. The van der Waals surface area contributed by atoms with Crippen molar-refractivity contribution in [3.8, 4) is 0 Å². The van der Waals surface area contributed by atoms with E-state index in [9.17, 15) is 4.79 Å². The van der Waals surface area contributed by atoms with Gasteiger partial charge in [-0.1, -0.05) is 12.1 Å². The third kappa shape index (κ3) is 4.25. The van der Waals surface area contributed by atoms with Gasteiger partial charge < -0.3 is 11.1 Å². The number of nitrogens with one attached hydrogen (secondary N) is 1. The van der Waals surface area contributed by atoms with Gasteiger partial charge in [-0.25, -0.2) is 0 Å². The Labute approximate surface area is 94.4 Å². The van der Waals surface area contributed by atoms with Crippen LogP contribution in [0.4, 0.5) is 11.4 Å². The van der Waals surface area contributed by atoms with Crippen molar-refractivity contribution in [2.45, 2.75) is 12.8 Å². The van der Waals surface area contributed by atoms with Gasteiger partial charge in [0, 0.05) is 6.42 Å². The standard InChI is InChI=1S/C11H16N2OS/c1-15-8-4-7-11(14)13-10-6-3-2-5-9(10)12/h2-3,5-6H,4,7-8,12H2,1H3,(H,13,14). The Balaban J connectivity index is 2.41. The second-order valence-corrected chi connectivity index (χ2v) is 4.22. The van der Waals surface area contributed by atoms with Gasteiger partial charge in [0.15, 0.2) is 0 Å². The minimum atomic E-state index is 0.0296. The molecule has 0 aliphatic rings. The summed E-state index contributed by atoms with van der Waals surface area (Å²) in [5.74, 6) is 1.04. The number of carbonyl (C=O) groups is 1. The number of para-hydroxylation sites is 2. The molecule has 0 saturated heterocycles. The minimum absolute atomic E-state index is 0.0296. The number of amides is 1. The lowest BCUT2D eigenvalue weighted by atomic mass is 10.2. The highest BCUT2D eigenvalue weighted by Gasteiger charge is 2.03. The van der Waals surface area contributed by atoms with Crippen LogP contribution in [0.5, 0.6) is 0 Å². The summed E-state index contributed by atoms with van der Waals surface area (Å²) in [5, 5.41) is 2.80. The Morgan fingerprint density at radius 1 is 1.47 bits per heavy atom. The summed E-state index contributed by atoms with van der Waals surface area (Å²) >= 11 is 1.75. The lowest BCUT2D eigenvalue weighted by Crippen LogP contribution is -2.12. The van der Waals surface area contributed by atoms with E-state index in [0.717, 1.165) is 12.2 Å². The van der Waals surface area contributed by atoms with Crippen molar-refractivity contribution >= 4 is 29.0 Å². The molecular weight excluding hydrogens is 208 g/mol. The molecule has 1 amide bonds. The maximum Gasteiger partial charge on any atom is 0.224 e. The highest BCUT2D eigenvalue weighted by molar-refractivity contribution is 7.98. The van der Waals surface area contributed by atoms with Crippen LogP contribution in [0.25, 0.3) is 0 Å². The summed E-state index contributed by atoms with van der Waals surface area (Å²) in [5.41, 5.74) is 7.01. The number of anilines is 2. The average molecular weight is 224 g/mol. The van der Waals surface area contributed by atoms with Gasteiger partial charge in [-0.05, 0) is 30.6 Å². The molecular formula is C11H16N2OS. The Morgan fingerprint density at radius 2 is 2.20 bits per heavy atom. The molecule has 0 bridgehead atoms. The molecule has 1 rings (SSSR count). The van der Waals surface area contributed by atoms with Gasteiger partial charge in [0.25, 0.3) is 0 Å². The number of rotatable bonds is 5. The lowest BCUT2D eigenvalue weighted by molar-refractivity contribution is -0.116. The summed E-state index contributed by atoms with van der Waals surface area (Å²) in [6.45, 7) is 0. The highest BCUT2D eigenvalue weighted by atomic mass is 32.2. The maximum absolute atomic E-state index is 11.5. The molecule has 0 unspecified atom stereocenters. The summed E-state index contributed by atoms with van der Waals surface area (Å²) < 4.78 is 0. The van der Waals surface area contributed by atoms with Crippen molar-refractivity contribution in [1.82, 2.24) is 0 Å². The number of thioether (sulfide) groups is 1. The lowest BCUT2D eigenvalue weighted by Gasteiger charge is -2.07. The molecule has 1 aromatic carbocycles. The van der Waals surface area contributed by atoms with Crippen molar-refractivity contribution < 1.29 is 4.79 Å². The fraction of sp³-hybridized carbons (Fsp3) is 0.364.